The van der Waals surface area contributed by atoms with Crippen LogP contribution >= 0.6 is 0 Å². The van der Waals surface area contributed by atoms with E-state index in [-0.39, 0.29) is 23.5 Å². The Labute approximate surface area is 105 Å². The molecule has 0 aromatic heterocycles. The van der Waals surface area contributed by atoms with Crippen molar-refractivity contribution in [2.75, 3.05) is 11.9 Å². The minimum absolute atomic E-state index is 0.174. The standard InChI is InChI=1S/C13H14N2O3/c1-3-15-11-6-4-5-10(8-14)13(11)18-12(17)7-9(2)16/h4-6,15H,3,7H2,1-2H3. The smallest absolute Gasteiger partial charge is 0.318 e. The van der Waals surface area contributed by atoms with Gasteiger partial charge in [0.15, 0.2) is 5.75 Å². The van der Waals surface area contributed by atoms with Gasteiger partial charge in [-0.2, -0.15) is 5.26 Å². The van der Waals surface area contributed by atoms with E-state index in [0.717, 1.165) is 0 Å². The van der Waals surface area contributed by atoms with Gasteiger partial charge in [-0.25, -0.2) is 0 Å². The third kappa shape index (κ3) is 3.59. The van der Waals surface area contributed by atoms with Crippen molar-refractivity contribution in [3.05, 3.63) is 23.8 Å². The topological polar surface area (TPSA) is 79.2 Å². The third-order valence-electron chi connectivity index (χ3n) is 2.11. The summed E-state index contributed by atoms with van der Waals surface area (Å²) < 4.78 is 5.09. The molecule has 1 aromatic carbocycles. The van der Waals surface area contributed by atoms with Gasteiger partial charge in [-0.15, -0.1) is 0 Å². The highest BCUT2D eigenvalue weighted by Gasteiger charge is 2.14. The predicted octanol–water partition coefficient (Wildman–Crippen LogP) is 1.87. The summed E-state index contributed by atoms with van der Waals surface area (Å²) >= 11 is 0. The average molecular weight is 246 g/mol. The predicted molar refractivity (Wildman–Crippen MR) is 66.3 cm³/mol. The van der Waals surface area contributed by atoms with Gasteiger partial charge in [-0.1, -0.05) is 6.07 Å². The number of ether oxygens (including phenoxy) is 1. The second-order valence-corrected chi connectivity index (χ2v) is 3.68. The quantitative estimate of drug-likeness (QED) is 0.487. The van der Waals surface area contributed by atoms with Gasteiger partial charge in [0.2, 0.25) is 0 Å². The van der Waals surface area contributed by atoms with Crippen LogP contribution < -0.4 is 10.1 Å². The first-order chi connectivity index (χ1) is 8.58. The molecule has 0 radical (unpaired) electrons. The van der Waals surface area contributed by atoms with E-state index in [4.69, 9.17) is 10.00 Å². The first kappa shape index (κ1) is 13.7. The maximum Gasteiger partial charge on any atom is 0.318 e. The summed E-state index contributed by atoms with van der Waals surface area (Å²) in [6.07, 6.45) is -0.300. The zero-order valence-electron chi connectivity index (χ0n) is 10.3. The van der Waals surface area contributed by atoms with Crippen LogP contribution in [0.1, 0.15) is 25.8 Å². The van der Waals surface area contributed by atoms with Gasteiger partial charge in [-0.05, 0) is 26.0 Å². The summed E-state index contributed by atoms with van der Waals surface area (Å²) in [6, 6.07) is 6.91. The number of Topliss-reactive ketones (excluding diaryl/α,β-unsaturated/α-hetero) is 1. The fourth-order valence-electron chi connectivity index (χ4n) is 1.42. The summed E-state index contributed by atoms with van der Waals surface area (Å²) in [5, 5.41) is 12.0. The van der Waals surface area contributed by atoms with Gasteiger partial charge in [-0.3, -0.25) is 9.59 Å². The maximum absolute atomic E-state index is 11.5. The lowest BCUT2D eigenvalue weighted by Gasteiger charge is -2.11. The van der Waals surface area contributed by atoms with Crippen LogP contribution in [0.25, 0.3) is 0 Å². The van der Waals surface area contributed by atoms with Crippen LogP contribution in [-0.4, -0.2) is 18.3 Å². The van der Waals surface area contributed by atoms with Crippen LogP contribution in [-0.2, 0) is 9.59 Å². The highest BCUT2D eigenvalue weighted by Crippen LogP contribution is 2.28. The van der Waals surface area contributed by atoms with Crippen molar-refractivity contribution in [3.63, 3.8) is 0 Å². The first-order valence-corrected chi connectivity index (χ1v) is 5.55. The number of anilines is 1. The molecule has 0 aliphatic heterocycles. The summed E-state index contributed by atoms with van der Waals surface area (Å²) in [5.74, 6) is -0.767. The molecule has 0 amide bonds. The van der Waals surface area contributed by atoms with E-state index in [2.05, 4.69) is 5.32 Å². The molecule has 0 fully saturated rings. The number of esters is 1. The number of hydrogen-bond donors (Lipinski definition) is 1. The molecular formula is C13H14N2O3. The number of rotatable bonds is 5. The van der Waals surface area contributed by atoms with E-state index in [1.807, 2.05) is 13.0 Å². The lowest BCUT2D eigenvalue weighted by atomic mass is 10.2. The van der Waals surface area contributed by atoms with E-state index in [1.54, 1.807) is 18.2 Å². The molecule has 1 aromatic rings. The van der Waals surface area contributed by atoms with Crippen molar-refractivity contribution >= 4 is 17.4 Å². The molecule has 1 rings (SSSR count). The fraction of sp³-hybridized carbons (Fsp3) is 0.308. The molecule has 0 aliphatic carbocycles. The molecule has 0 aliphatic rings. The number of benzene rings is 1. The summed E-state index contributed by atoms with van der Waals surface area (Å²) in [4.78, 5) is 22.3. The molecular weight excluding hydrogens is 232 g/mol. The Bertz CT molecular complexity index is 503. The molecule has 0 unspecified atom stereocenters. The Morgan fingerprint density at radius 2 is 2.17 bits per heavy atom. The minimum atomic E-state index is -0.663. The third-order valence-corrected chi connectivity index (χ3v) is 2.11. The van der Waals surface area contributed by atoms with E-state index in [0.29, 0.717) is 12.2 Å². The Balaban J connectivity index is 3.01. The van der Waals surface area contributed by atoms with E-state index < -0.39 is 5.97 Å². The zero-order valence-corrected chi connectivity index (χ0v) is 10.3. The summed E-state index contributed by atoms with van der Waals surface area (Å²) in [5.41, 5.74) is 0.818. The van der Waals surface area contributed by atoms with Gasteiger partial charge >= 0.3 is 5.97 Å². The van der Waals surface area contributed by atoms with Gasteiger partial charge in [0.25, 0.3) is 0 Å². The number of carbonyl (C=O) groups is 2. The molecule has 0 spiro atoms. The van der Waals surface area contributed by atoms with Crippen molar-refractivity contribution < 1.29 is 14.3 Å². The summed E-state index contributed by atoms with van der Waals surface area (Å²) in [7, 11) is 0. The highest BCUT2D eigenvalue weighted by atomic mass is 16.5. The second kappa shape index (κ2) is 6.40. The molecule has 0 saturated carbocycles. The molecule has 0 heterocycles. The van der Waals surface area contributed by atoms with E-state index in [1.165, 1.54) is 6.92 Å². The minimum Gasteiger partial charge on any atom is -0.423 e. The number of nitrogens with zero attached hydrogens (tertiary/aromatic N) is 1. The normalized spacial score (nSPS) is 9.39. The lowest BCUT2D eigenvalue weighted by Crippen LogP contribution is -2.14. The molecule has 18 heavy (non-hydrogen) atoms. The van der Waals surface area contributed by atoms with Crippen molar-refractivity contribution in [1.82, 2.24) is 0 Å². The molecule has 94 valence electrons. The van der Waals surface area contributed by atoms with Crippen LogP contribution in [0.5, 0.6) is 5.75 Å². The van der Waals surface area contributed by atoms with Crippen molar-refractivity contribution in [3.8, 4) is 11.8 Å². The molecule has 0 bridgehead atoms. The van der Waals surface area contributed by atoms with Gasteiger partial charge in [0.1, 0.15) is 18.3 Å². The Morgan fingerprint density at radius 3 is 2.72 bits per heavy atom. The number of ketones is 1. The van der Waals surface area contributed by atoms with Crippen LogP contribution in [0.15, 0.2) is 18.2 Å². The lowest BCUT2D eigenvalue weighted by molar-refractivity contribution is -0.137. The van der Waals surface area contributed by atoms with Crippen LogP contribution in [0, 0.1) is 11.3 Å². The highest BCUT2D eigenvalue weighted by molar-refractivity contribution is 5.95. The van der Waals surface area contributed by atoms with Gasteiger partial charge in [0.05, 0.1) is 11.3 Å². The monoisotopic (exact) mass is 246 g/mol. The number of hydrogen-bond acceptors (Lipinski definition) is 5. The zero-order chi connectivity index (χ0) is 13.5. The van der Waals surface area contributed by atoms with Crippen molar-refractivity contribution in [2.45, 2.75) is 20.3 Å². The van der Waals surface area contributed by atoms with Crippen LogP contribution in [0.4, 0.5) is 5.69 Å². The van der Waals surface area contributed by atoms with Crippen LogP contribution in [0.2, 0.25) is 0 Å². The molecule has 5 nitrogen and oxygen atoms in total. The number of para-hydroxylation sites is 1. The van der Waals surface area contributed by atoms with Gasteiger partial charge in [0, 0.05) is 6.54 Å². The SMILES string of the molecule is CCNc1cccc(C#N)c1OC(=O)CC(C)=O. The molecule has 1 N–H and O–H groups in total. The Kier molecular flexibility index (Phi) is 4.88. The number of nitrogens with one attached hydrogen (secondary N) is 1. The largest absolute Gasteiger partial charge is 0.423 e. The Morgan fingerprint density at radius 1 is 1.44 bits per heavy atom. The summed E-state index contributed by atoms with van der Waals surface area (Å²) in [6.45, 7) is 3.83. The number of carbonyl (C=O) groups excluding carboxylic acids is 2. The van der Waals surface area contributed by atoms with Gasteiger partial charge < -0.3 is 10.1 Å². The molecule has 0 saturated heterocycles. The van der Waals surface area contributed by atoms with E-state index >= 15 is 0 Å². The van der Waals surface area contributed by atoms with Crippen molar-refractivity contribution in [1.29, 1.82) is 5.26 Å². The van der Waals surface area contributed by atoms with E-state index in [9.17, 15) is 9.59 Å². The average Bonchev–Trinajstić information content (AvgIpc) is 2.30. The molecule has 0 atom stereocenters. The van der Waals surface area contributed by atoms with Crippen molar-refractivity contribution in [2.24, 2.45) is 0 Å². The Hall–Kier alpha value is -2.35. The molecule has 5 heteroatoms. The fourth-order valence-corrected chi connectivity index (χ4v) is 1.42. The second-order valence-electron chi connectivity index (χ2n) is 3.68. The maximum atomic E-state index is 11.5. The van der Waals surface area contributed by atoms with Crippen LogP contribution in [0.3, 0.4) is 0 Å². The first-order valence-electron chi connectivity index (χ1n) is 5.55. The number of nitriles is 1.